The van der Waals surface area contributed by atoms with Crippen molar-refractivity contribution >= 4 is 49.3 Å². The quantitative estimate of drug-likeness (QED) is 0.214. The van der Waals surface area contributed by atoms with Gasteiger partial charge in [-0.1, -0.05) is 97.6 Å². The molecule has 0 radical (unpaired) electrons. The summed E-state index contributed by atoms with van der Waals surface area (Å²) in [6.45, 7) is 5.90. The normalized spacial score (nSPS) is 12.1. The summed E-state index contributed by atoms with van der Waals surface area (Å²) in [6.07, 6.45) is 7.74. The predicted molar refractivity (Wildman–Crippen MR) is 167 cm³/mol. The Kier molecular flexibility index (Phi) is 6.31. The van der Waals surface area contributed by atoms with Gasteiger partial charge in [-0.25, -0.2) is 9.97 Å². The molecule has 0 bridgehead atoms. The average molecular weight is 526 g/mol. The molecular formula is C33H27N5S. The minimum absolute atomic E-state index is 0.620. The van der Waals surface area contributed by atoms with Crippen molar-refractivity contribution in [3.05, 3.63) is 122 Å². The Labute approximate surface area is 231 Å². The van der Waals surface area contributed by atoms with Gasteiger partial charge in [-0.2, -0.15) is 0 Å². The summed E-state index contributed by atoms with van der Waals surface area (Å²) in [5.74, 6) is 1.33. The molecule has 0 aliphatic carbocycles. The van der Waals surface area contributed by atoms with Gasteiger partial charge in [0.1, 0.15) is 5.82 Å². The van der Waals surface area contributed by atoms with Gasteiger partial charge in [-0.05, 0) is 24.6 Å². The number of fused-ring (bicyclic) bond motifs is 2. The number of allylic oxidation sites excluding steroid dienone is 5. The fraction of sp³-hybridized carbons (Fsp3) is 0.0303. The summed E-state index contributed by atoms with van der Waals surface area (Å²) < 4.78 is 3.23. The van der Waals surface area contributed by atoms with Crippen molar-refractivity contribution in [2.75, 3.05) is 11.5 Å². The third-order valence-corrected chi connectivity index (χ3v) is 7.87. The number of hydrogen-bond acceptors (Lipinski definition) is 5. The van der Waals surface area contributed by atoms with Crippen LogP contribution < -0.4 is 11.5 Å². The molecule has 0 atom stereocenters. The Morgan fingerprint density at radius 3 is 2.33 bits per heavy atom. The molecular weight excluding hydrogens is 498 g/mol. The number of rotatable bonds is 6. The van der Waals surface area contributed by atoms with Crippen LogP contribution >= 0.6 is 11.3 Å². The number of benzene rings is 3. The highest BCUT2D eigenvalue weighted by atomic mass is 32.1. The van der Waals surface area contributed by atoms with Crippen molar-refractivity contribution in [2.24, 2.45) is 0 Å². The lowest BCUT2D eigenvalue weighted by molar-refractivity contribution is 1.02. The molecule has 0 spiro atoms. The Morgan fingerprint density at radius 2 is 1.59 bits per heavy atom. The summed E-state index contributed by atoms with van der Waals surface area (Å²) >= 11 is 1.64. The highest BCUT2D eigenvalue weighted by molar-refractivity contribution is 7.23. The molecule has 0 unspecified atom stereocenters. The second-order valence-corrected chi connectivity index (χ2v) is 10.2. The first kappa shape index (κ1) is 24.4. The summed E-state index contributed by atoms with van der Waals surface area (Å²) in [4.78, 5) is 11.0. The van der Waals surface area contributed by atoms with Gasteiger partial charge in [0.05, 0.1) is 33.2 Å². The van der Waals surface area contributed by atoms with Crippen LogP contribution in [0.5, 0.6) is 0 Å². The number of hydrogen-bond donors (Lipinski definition) is 2. The Morgan fingerprint density at radius 1 is 0.872 bits per heavy atom. The second kappa shape index (κ2) is 10.1. The van der Waals surface area contributed by atoms with Crippen LogP contribution in [-0.2, 0) is 0 Å². The predicted octanol–water partition coefficient (Wildman–Crippen LogP) is 8.28. The number of nitrogen functional groups attached to an aromatic ring is 2. The molecule has 190 valence electrons. The molecule has 6 heteroatoms. The molecule has 5 nitrogen and oxygen atoms in total. The van der Waals surface area contributed by atoms with Gasteiger partial charge in [-0.3, -0.25) is 4.57 Å². The molecule has 3 heterocycles. The van der Waals surface area contributed by atoms with Crippen LogP contribution in [0.3, 0.4) is 0 Å². The number of nitrogens with zero attached hydrogens (tertiary/aromatic N) is 3. The smallest absolute Gasteiger partial charge is 0.162 e. The Hall–Kier alpha value is -4.94. The van der Waals surface area contributed by atoms with Gasteiger partial charge in [0.25, 0.3) is 0 Å². The fourth-order valence-electron chi connectivity index (χ4n) is 4.91. The van der Waals surface area contributed by atoms with Gasteiger partial charge in [-0.15, -0.1) is 11.3 Å². The van der Waals surface area contributed by atoms with Gasteiger partial charge in [0.2, 0.25) is 0 Å². The molecule has 0 saturated heterocycles. The zero-order valence-corrected chi connectivity index (χ0v) is 22.3. The number of para-hydroxylation sites is 1. The van der Waals surface area contributed by atoms with Crippen LogP contribution in [0.4, 0.5) is 11.4 Å². The van der Waals surface area contributed by atoms with Crippen molar-refractivity contribution in [2.45, 2.75) is 6.92 Å². The molecule has 6 rings (SSSR count). The molecule has 4 N–H and O–H groups in total. The van der Waals surface area contributed by atoms with E-state index in [1.807, 2.05) is 97.9 Å². The monoisotopic (exact) mass is 525 g/mol. The van der Waals surface area contributed by atoms with Gasteiger partial charge < -0.3 is 11.5 Å². The van der Waals surface area contributed by atoms with Gasteiger partial charge in [0.15, 0.2) is 5.82 Å². The lowest BCUT2D eigenvalue weighted by Crippen LogP contribution is -2.05. The SMILES string of the molecule is C=C/C=C(\C=C/C)c1cc(-n2c(-c3sc4ccccc4c3N)c(N)c3ccccc32)nc(-c2ccccc2)n1. The van der Waals surface area contributed by atoms with E-state index in [1.54, 1.807) is 17.4 Å². The first-order valence-corrected chi connectivity index (χ1v) is 13.5. The van der Waals surface area contributed by atoms with E-state index in [1.165, 1.54) is 0 Å². The molecule has 0 aliphatic heterocycles. The number of anilines is 2. The molecule has 0 saturated carbocycles. The summed E-state index contributed by atoms with van der Waals surface area (Å²) in [5, 5.41) is 1.97. The average Bonchev–Trinajstić information content (AvgIpc) is 3.46. The fourth-order valence-corrected chi connectivity index (χ4v) is 6.09. The number of nitrogens with two attached hydrogens (primary N) is 2. The summed E-state index contributed by atoms with van der Waals surface area (Å²) in [6, 6.07) is 28.3. The van der Waals surface area contributed by atoms with Crippen LogP contribution in [0, 0.1) is 0 Å². The Balaban J connectivity index is 1.72. The molecule has 0 amide bonds. The lowest BCUT2D eigenvalue weighted by atomic mass is 10.1. The van der Waals surface area contributed by atoms with E-state index in [0.29, 0.717) is 23.0 Å². The van der Waals surface area contributed by atoms with Crippen LogP contribution in [0.1, 0.15) is 12.6 Å². The molecule has 0 aliphatic rings. The van der Waals surface area contributed by atoms with Crippen LogP contribution in [0.25, 0.3) is 54.3 Å². The van der Waals surface area contributed by atoms with E-state index >= 15 is 0 Å². The topological polar surface area (TPSA) is 82.8 Å². The molecule has 6 aromatic rings. The largest absolute Gasteiger partial charge is 0.397 e. The van der Waals surface area contributed by atoms with Crippen LogP contribution in [-0.4, -0.2) is 14.5 Å². The number of aromatic nitrogens is 3. The van der Waals surface area contributed by atoms with E-state index in [-0.39, 0.29) is 0 Å². The molecule has 3 aromatic heterocycles. The van der Waals surface area contributed by atoms with Crippen molar-refractivity contribution in [1.82, 2.24) is 14.5 Å². The van der Waals surface area contributed by atoms with Crippen molar-refractivity contribution < 1.29 is 0 Å². The Bertz CT molecular complexity index is 1910. The lowest BCUT2D eigenvalue weighted by Gasteiger charge is -2.14. The third-order valence-electron chi connectivity index (χ3n) is 6.68. The zero-order valence-electron chi connectivity index (χ0n) is 21.5. The van der Waals surface area contributed by atoms with Crippen LogP contribution in [0.2, 0.25) is 0 Å². The van der Waals surface area contributed by atoms with Crippen molar-refractivity contribution in [3.8, 4) is 27.8 Å². The maximum atomic E-state index is 6.89. The van der Waals surface area contributed by atoms with Crippen LogP contribution in [0.15, 0.2) is 116 Å². The van der Waals surface area contributed by atoms with E-state index in [0.717, 1.165) is 48.4 Å². The summed E-state index contributed by atoms with van der Waals surface area (Å²) in [5.41, 5.74) is 19.5. The van der Waals surface area contributed by atoms with Gasteiger partial charge in [0, 0.05) is 27.1 Å². The molecule has 39 heavy (non-hydrogen) atoms. The van der Waals surface area contributed by atoms with Crippen molar-refractivity contribution in [3.63, 3.8) is 0 Å². The third kappa shape index (κ3) is 4.21. The zero-order chi connectivity index (χ0) is 26.9. The second-order valence-electron chi connectivity index (χ2n) is 9.11. The van der Waals surface area contributed by atoms with Crippen molar-refractivity contribution in [1.29, 1.82) is 0 Å². The molecule has 3 aromatic carbocycles. The minimum atomic E-state index is 0.620. The van der Waals surface area contributed by atoms with E-state index in [9.17, 15) is 0 Å². The minimum Gasteiger partial charge on any atom is -0.397 e. The standard InChI is InChI=1S/C33H27N5S/c1-3-12-21(13-4-2)25-20-28(37-33(36-25)22-14-6-5-7-15-22)38-26-18-10-8-16-23(26)29(34)31(38)32-30(35)24-17-9-11-19-27(24)39-32/h3-20H,1,34-35H2,2H3/b13-4-,21-12+. The first-order chi connectivity index (χ1) is 19.1. The molecule has 0 fully saturated rings. The maximum absolute atomic E-state index is 6.89. The summed E-state index contributed by atoms with van der Waals surface area (Å²) in [7, 11) is 0. The number of thiophene rings is 1. The highest BCUT2D eigenvalue weighted by Gasteiger charge is 2.24. The maximum Gasteiger partial charge on any atom is 0.162 e. The van der Waals surface area contributed by atoms with E-state index in [4.69, 9.17) is 21.4 Å². The van der Waals surface area contributed by atoms with Gasteiger partial charge >= 0.3 is 0 Å². The first-order valence-electron chi connectivity index (χ1n) is 12.7. The van der Waals surface area contributed by atoms with E-state index in [2.05, 4.69) is 23.3 Å². The van der Waals surface area contributed by atoms with E-state index < -0.39 is 0 Å². The highest BCUT2D eigenvalue weighted by Crippen LogP contribution is 2.47.